The predicted octanol–water partition coefficient (Wildman–Crippen LogP) is 3.10. The molecule has 3 rings (SSSR count). The van der Waals surface area contributed by atoms with Gasteiger partial charge in [0.1, 0.15) is 0 Å². The molecule has 0 aliphatic heterocycles. The van der Waals surface area contributed by atoms with Gasteiger partial charge in [-0.3, -0.25) is 0 Å². The van der Waals surface area contributed by atoms with E-state index >= 15 is 0 Å². The van der Waals surface area contributed by atoms with E-state index in [0.717, 1.165) is 5.56 Å². The van der Waals surface area contributed by atoms with Gasteiger partial charge in [-0.1, -0.05) is 18.2 Å². The van der Waals surface area contributed by atoms with E-state index in [1.54, 1.807) is 30.5 Å². The zero-order valence-electron chi connectivity index (χ0n) is 12.8. The third-order valence-electron chi connectivity index (χ3n) is 3.42. The normalized spacial score (nSPS) is 10.7. The monoisotopic (exact) mass is 309 g/mol. The molecule has 1 aromatic carbocycles. The van der Waals surface area contributed by atoms with Crippen molar-refractivity contribution in [2.24, 2.45) is 0 Å². The van der Waals surface area contributed by atoms with Gasteiger partial charge in [-0.2, -0.15) is 0 Å². The number of pyridine rings is 1. The number of aromatic carboxylic acids is 1. The molecule has 116 valence electrons. The Hall–Kier alpha value is -3.02. The SMILES string of the molecule is CCOc1ccc(-c2nc(C(=O)O)c3cccc(C)c3n2)cn1. The summed E-state index contributed by atoms with van der Waals surface area (Å²) in [5.74, 6) is -0.241. The molecular weight excluding hydrogens is 294 g/mol. The van der Waals surface area contributed by atoms with E-state index in [2.05, 4.69) is 15.0 Å². The van der Waals surface area contributed by atoms with Crippen LogP contribution in [0.1, 0.15) is 23.0 Å². The number of ether oxygens (including phenoxy) is 1. The summed E-state index contributed by atoms with van der Waals surface area (Å²) in [6.45, 7) is 4.30. The second-order valence-corrected chi connectivity index (χ2v) is 4.99. The van der Waals surface area contributed by atoms with Crippen LogP contribution in [0.5, 0.6) is 5.88 Å². The molecule has 0 aliphatic carbocycles. The van der Waals surface area contributed by atoms with Crippen LogP contribution in [0.4, 0.5) is 0 Å². The molecule has 0 saturated heterocycles. The first kappa shape index (κ1) is 14.9. The van der Waals surface area contributed by atoms with Gasteiger partial charge in [-0.05, 0) is 25.5 Å². The van der Waals surface area contributed by atoms with Gasteiger partial charge in [-0.25, -0.2) is 19.7 Å². The lowest BCUT2D eigenvalue weighted by Crippen LogP contribution is -2.05. The van der Waals surface area contributed by atoms with Crippen LogP contribution in [0.15, 0.2) is 36.5 Å². The Balaban J connectivity index is 2.17. The Bertz CT molecular complexity index is 876. The van der Waals surface area contributed by atoms with Gasteiger partial charge < -0.3 is 9.84 Å². The summed E-state index contributed by atoms with van der Waals surface area (Å²) >= 11 is 0. The zero-order valence-corrected chi connectivity index (χ0v) is 12.8. The minimum absolute atomic E-state index is 0.0115. The third-order valence-corrected chi connectivity index (χ3v) is 3.42. The van der Waals surface area contributed by atoms with E-state index in [0.29, 0.717) is 34.8 Å². The molecule has 0 aliphatic rings. The molecule has 2 aromatic heterocycles. The van der Waals surface area contributed by atoms with Crippen molar-refractivity contribution in [1.29, 1.82) is 0 Å². The summed E-state index contributed by atoms with van der Waals surface area (Å²) in [6.07, 6.45) is 1.58. The number of para-hydroxylation sites is 1. The number of aryl methyl sites for hydroxylation is 1. The van der Waals surface area contributed by atoms with Gasteiger partial charge in [0.05, 0.1) is 12.1 Å². The van der Waals surface area contributed by atoms with Crippen LogP contribution < -0.4 is 4.74 Å². The average Bonchev–Trinajstić information content (AvgIpc) is 2.55. The van der Waals surface area contributed by atoms with Crippen molar-refractivity contribution in [1.82, 2.24) is 15.0 Å². The van der Waals surface area contributed by atoms with Crippen LogP contribution >= 0.6 is 0 Å². The number of carboxylic acids is 1. The molecule has 2 heterocycles. The molecule has 0 fully saturated rings. The number of hydrogen-bond acceptors (Lipinski definition) is 5. The van der Waals surface area contributed by atoms with Crippen LogP contribution in [0.2, 0.25) is 0 Å². The van der Waals surface area contributed by atoms with Crippen molar-refractivity contribution >= 4 is 16.9 Å². The Morgan fingerprint density at radius 3 is 2.70 bits per heavy atom. The molecule has 0 spiro atoms. The molecule has 0 unspecified atom stereocenters. The molecule has 23 heavy (non-hydrogen) atoms. The number of nitrogens with zero attached hydrogens (tertiary/aromatic N) is 3. The number of benzene rings is 1. The molecule has 6 nitrogen and oxygen atoms in total. The predicted molar refractivity (Wildman–Crippen MR) is 85.6 cm³/mol. The van der Waals surface area contributed by atoms with Gasteiger partial charge >= 0.3 is 5.97 Å². The average molecular weight is 309 g/mol. The summed E-state index contributed by atoms with van der Waals surface area (Å²) < 4.78 is 5.30. The fraction of sp³-hybridized carbons (Fsp3) is 0.176. The Morgan fingerprint density at radius 1 is 1.22 bits per heavy atom. The molecule has 1 N–H and O–H groups in total. The maximum absolute atomic E-state index is 11.5. The maximum Gasteiger partial charge on any atom is 0.355 e. The van der Waals surface area contributed by atoms with Gasteiger partial charge in [-0.15, -0.1) is 0 Å². The van der Waals surface area contributed by atoms with Crippen molar-refractivity contribution in [2.75, 3.05) is 6.61 Å². The highest BCUT2D eigenvalue weighted by Crippen LogP contribution is 2.24. The highest BCUT2D eigenvalue weighted by molar-refractivity contribution is 6.02. The number of fused-ring (bicyclic) bond motifs is 1. The first-order chi connectivity index (χ1) is 11.1. The minimum atomic E-state index is -1.08. The van der Waals surface area contributed by atoms with E-state index in [1.165, 1.54) is 0 Å². The minimum Gasteiger partial charge on any atom is -0.478 e. The van der Waals surface area contributed by atoms with E-state index in [-0.39, 0.29) is 5.69 Å². The van der Waals surface area contributed by atoms with E-state index in [9.17, 15) is 9.90 Å². The zero-order chi connectivity index (χ0) is 16.4. The van der Waals surface area contributed by atoms with Gasteiger partial charge in [0, 0.05) is 23.2 Å². The fourth-order valence-corrected chi connectivity index (χ4v) is 2.33. The molecule has 0 amide bonds. The molecule has 0 saturated carbocycles. The van der Waals surface area contributed by atoms with Crippen molar-refractivity contribution in [3.05, 3.63) is 47.8 Å². The van der Waals surface area contributed by atoms with Gasteiger partial charge in [0.15, 0.2) is 11.5 Å². The van der Waals surface area contributed by atoms with Crippen LogP contribution in [-0.4, -0.2) is 32.6 Å². The number of hydrogen-bond donors (Lipinski definition) is 1. The lowest BCUT2D eigenvalue weighted by Gasteiger charge is -2.08. The van der Waals surface area contributed by atoms with Crippen molar-refractivity contribution in [3.63, 3.8) is 0 Å². The Kier molecular flexibility index (Phi) is 3.89. The highest BCUT2D eigenvalue weighted by Gasteiger charge is 2.16. The van der Waals surface area contributed by atoms with E-state index in [1.807, 2.05) is 19.9 Å². The Labute approximate surface area is 132 Å². The van der Waals surface area contributed by atoms with Crippen LogP contribution in [-0.2, 0) is 0 Å². The van der Waals surface area contributed by atoms with Crippen LogP contribution in [0.25, 0.3) is 22.3 Å². The topological polar surface area (TPSA) is 85.2 Å². The smallest absolute Gasteiger partial charge is 0.355 e. The Morgan fingerprint density at radius 2 is 2.04 bits per heavy atom. The van der Waals surface area contributed by atoms with Gasteiger partial charge in [0.2, 0.25) is 5.88 Å². The number of aromatic nitrogens is 3. The van der Waals surface area contributed by atoms with E-state index in [4.69, 9.17) is 4.74 Å². The molecule has 6 heteroatoms. The van der Waals surface area contributed by atoms with Crippen molar-refractivity contribution in [3.8, 4) is 17.3 Å². The second kappa shape index (κ2) is 6.00. The molecule has 3 aromatic rings. The summed E-state index contributed by atoms with van der Waals surface area (Å²) in [5, 5.41) is 9.96. The lowest BCUT2D eigenvalue weighted by atomic mass is 10.1. The van der Waals surface area contributed by atoms with Crippen molar-refractivity contribution in [2.45, 2.75) is 13.8 Å². The maximum atomic E-state index is 11.5. The summed E-state index contributed by atoms with van der Waals surface area (Å²) in [6, 6.07) is 8.88. The number of carboxylic acid groups (broad SMARTS) is 1. The molecule has 0 radical (unpaired) electrons. The third kappa shape index (κ3) is 2.83. The number of rotatable bonds is 4. The van der Waals surface area contributed by atoms with Gasteiger partial charge in [0.25, 0.3) is 0 Å². The second-order valence-electron chi connectivity index (χ2n) is 4.99. The van der Waals surface area contributed by atoms with Crippen molar-refractivity contribution < 1.29 is 14.6 Å². The first-order valence-electron chi connectivity index (χ1n) is 7.20. The first-order valence-corrected chi connectivity index (χ1v) is 7.20. The summed E-state index contributed by atoms with van der Waals surface area (Å²) in [4.78, 5) is 24.4. The largest absolute Gasteiger partial charge is 0.478 e. The molecule has 0 atom stereocenters. The highest BCUT2D eigenvalue weighted by atomic mass is 16.5. The summed E-state index contributed by atoms with van der Waals surface area (Å²) in [7, 11) is 0. The van der Waals surface area contributed by atoms with E-state index < -0.39 is 5.97 Å². The lowest BCUT2D eigenvalue weighted by molar-refractivity contribution is 0.0693. The van der Waals surface area contributed by atoms with Crippen LogP contribution in [0, 0.1) is 6.92 Å². The standard InChI is InChI=1S/C17H15N3O3/c1-3-23-13-8-7-11(9-18-13)16-19-14-10(2)5-4-6-12(14)15(20-16)17(21)22/h4-9H,3H2,1-2H3,(H,21,22). The van der Waals surface area contributed by atoms with Crippen LogP contribution in [0.3, 0.4) is 0 Å². The quantitative estimate of drug-likeness (QED) is 0.797. The summed E-state index contributed by atoms with van der Waals surface area (Å²) in [5.41, 5.74) is 2.15. The number of carbonyl (C=O) groups is 1. The fourth-order valence-electron chi connectivity index (χ4n) is 2.33. The molecule has 0 bridgehead atoms. The molecular formula is C17H15N3O3.